The summed E-state index contributed by atoms with van der Waals surface area (Å²) in [4.78, 5) is 23.9. The lowest BCUT2D eigenvalue weighted by molar-refractivity contribution is -0.138. The van der Waals surface area contributed by atoms with Crippen molar-refractivity contribution in [3.05, 3.63) is 29.8 Å². The maximum Gasteiger partial charge on any atom is 0.303 e. The van der Waals surface area contributed by atoms with Gasteiger partial charge in [-0.15, -0.1) is 0 Å². The number of aliphatic carboxylic acids is 1. The number of likely N-dealkylation sites (N-methyl/N-ethyl adjacent to an activating group) is 1. The maximum atomic E-state index is 11.9. The van der Waals surface area contributed by atoms with E-state index in [4.69, 9.17) is 9.84 Å². The molecule has 0 aliphatic carbocycles. The van der Waals surface area contributed by atoms with Crippen LogP contribution in [0.3, 0.4) is 0 Å². The van der Waals surface area contributed by atoms with E-state index in [2.05, 4.69) is 13.8 Å². The molecule has 1 rings (SSSR count). The fourth-order valence-electron chi connectivity index (χ4n) is 1.93. The van der Waals surface area contributed by atoms with Gasteiger partial charge in [-0.1, -0.05) is 32.0 Å². The van der Waals surface area contributed by atoms with Crippen LogP contribution in [0.4, 0.5) is 0 Å². The van der Waals surface area contributed by atoms with Crippen LogP contribution >= 0.6 is 0 Å². The molecule has 0 atom stereocenters. The van der Waals surface area contributed by atoms with Gasteiger partial charge in [-0.2, -0.15) is 0 Å². The highest BCUT2D eigenvalue weighted by molar-refractivity contribution is 5.77. The number of carbonyl (C=O) groups is 2. The van der Waals surface area contributed by atoms with Crippen molar-refractivity contribution < 1.29 is 19.4 Å². The second-order valence-corrected chi connectivity index (χ2v) is 5.29. The van der Waals surface area contributed by atoms with E-state index in [9.17, 15) is 9.59 Å². The average Bonchev–Trinajstić information content (AvgIpc) is 2.44. The third-order valence-corrected chi connectivity index (χ3v) is 3.20. The average molecular weight is 293 g/mol. The molecular weight excluding hydrogens is 270 g/mol. The zero-order valence-corrected chi connectivity index (χ0v) is 12.8. The molecule has 1 N–H and O–H groups in total. The summed E-state index contributed by atoms with van der Waals surface area (Å²) in [6.45, 7) is 4.53. The van der Waals surface area contributed by atoms with E-state index in [-0.39, 0.29) is 18.9 Å². The Balaban J connectivity index is 2.47. The van der Waals surface area contributed by atoms with Gasteiger partial charge in [-0.3, -0.25) is 9.59 Å². The summed E-state index contributed by atoms with van der Waals surface area (Å²) in [6, 6.07) is 7.67. The normalized spacial score (nSPS) is 10.5. The molecule has 0 bridgehead atoms. The SMILES string of the molecule is CC(C)c1ccccc1OCC(=O)N(C)CCCC(=O)O. The van der Waals surface area contributed by atoms with E-state index in [0.717, 1.165) is 11.3 Å². The Hall–Kier alpha value is -2.04. The first-order chi connectivity index (χ1) is 9.91. The summed E-state index contributed by atoms with van der Waals surface area (Å²) in [7, 11) is 1.65. The molecule has 0 fully saturated rings. The maximum absolute atomic E-state index is 11.9. The van der Waals surface area contributed by atoms with Crippen LogP contribution in [-0.4, -0.2) is 42.1 Å². The van der Waals surface area contributed by atoms with Crippen LogP contribution in [0.15, 0.2) is 24.3 Å². The molecular formula is C16H23NO4. The number of carboxylic acids is 1. The molecule has 0 heterocycles. The lowest BCUT2D eigenvalue weighted by Gasteiger charge is -2.18. The van der Waals surface area contributed by atoms with Crippen molar-refractivity contribution in [2.75, 3.05) is 20.2 Å². The summed E-state index contributed by atoms with van der Waals surface area (Å²) in [6.07, 6.45) is 0.509. The number of nitrogens with zero attached hydrogens (tertiary/aromatic N) is 1. The number of amides is 1. The zero-order valence-electron chi connectivity index (χ0n) is 12.8. The lowest BCUT2D eigenvalue weighted by Crippen LogP contribution is -2.32. The molecule has 0 unspecified atom stereocenters. The molecule has 1 aromatic rings. The number of benzene rings is 1. The van der Waals surface area contributed by atoms with Crippen molar-refractivity contribution in [2.45, 2.75) is 32.6 Å². The fraction of sp³-hybridized carbons (Fsp3) is 0.500. The molecule has 5 nitrogen and oxygen atoms in total. The van der Waals surface area contributed by atoms with E-state index in [1.165, 1.54) is 4.90 Å². The summed E-state index contributed by atoms with van der Waals surface area (Å²) in [5, 5.41) is 8.57. The largest absolute Gasteiger partial charge is 0.483 e. The van der Waals surface area contributed by atoms with Crippen LogP contribution in [0.25, 0.3) is 0 Å². The highest BCUT2D eigenvalue weighted by Gasteiger charge is 2.12. The second kappa shape index (κ2) is 8.29. The van der Waals surface area contributed by atoms with Gasteiger partial charge in [0.2, 0.25) is 0 Å². The molecule has 1 amide bonds. The number of ether oxygens (including phenoxy) is 1. The second-order valence-electron chi connectivity index (χ2n) is 5.29. The van der Waals surface area contributed by atoms with Crippen LogP contribution in [0, 0.1) is 0 Å². The van der Waals surface area contributed by atoms with Gasteiger partial charge in [0.15, 0.2) is 6.61 Å². The molecule has 0 saturated heterocycles. The van der Waals surface area contributed by atoms with Gasteiger partial charge in [0.1, 0.15) is 5.75 Å². The first-order valence-electron chi connectivity index (χ1n) is 7.09. The Morgan fingerprint density at radius 2 is 1.95 bits per heavy atom. The Bertz CT molecular complexity index is 485. The van der Waals surface area contributed by atoms with Crippen molar-refractivity contribution in [1.29, 1.82) is 0 Å². The number of carboxylic acid groups (broad SMARTS) is 1. The van der Waals surface area contributed by atoms with Gasteiger partial charge in [-0.25, -0.2) is 0 Å². The summed E-state index contributed by atoms with van der Waals surface area (Å²) in [5.74, 6) is 0.0429. The van der Waals surface area contributed by atoms with Crippen molar-refractivity contribution >= 4 is 11.9 Å². The minimum absolute atomic E-state index is 0.0344. The summed E-state index contributed by atoms with van der Waals surface area (Å²) < 4.78 is 5.60. The topological polar surface area (TPSA) is 66.8 Å². The molecule has 0 radical (unpaired) electrons. The van der Waals surface area contributed by atoms with Gasteiger partial charge in [0, 0.05) is 20.0 Å². The number of para-hydroxylation sites is 1. The minimum Gasteiger partial charge on any atom is -0.483 e. The molecule has 1 aromatic carbocycles. The van der Waals surface area contributed by atoms with Gasteiger partial charge < -0.3 is 14.7 Å². The third-order valence-electron chi connectivity index (χ3n) is 3.20. The first-order valence-corrected chi connectivity index (χ1v) is 7.09. The monoisotopic (exact) mass is 293 g/mol. The highest BCUT2D eigenvalue weighted by Crippen LogP contribution is 2.25. The standard InChI is InChI=1S/C16H23NO4/c1-12(2)13-7-4-5-8-14(13)21-11-15(18)17(3)10-6-9-16(19)20/h4-5,7-8,12H,6,9-11H2,1-3H3,(H,19,20). The summed E-state index contributed by atoms with van der Waals surface area (Å²) in [5.41, 5.74) is 1.07. The highest BCUT2D eigenvalue weighted by atomic mass is 16.5. The van der Waals surface area contributed by atoms with Gasteiger partial charge in [0.05, 0.1) is 0 Å². The van der Waals surface area contributed by atoms with Gasteiger partial charge in [0.25, 0.3) is 5.91 Å². The molecule has 0 aromatic heterocycles. The predicted molar refractivity (Wildman–Crippen MR) is 80.5 cm³/mol. The van der Waals surface area contributed by atoms with Crippen molar-refractivity contribution in [3.63, 3.8) is 0 Å². The minimum atomic E-state index is -0.849. The van der Waals surface area contributed by atoms with Crippen LogP contribution in [0.1, 0.15) is 38.2 Å². The number of hydrogen-bond donors (Lipinski definition) is 1. The van der Waals surface area contributed by atoms with Crippen LogP contribution in [0.5, 0.6) is 5.75 Å². The first kappa shape index (κ1) is 17.0. The van der Waals surface area contributed by atoms with E-state index in [1.807, 2.05) is 24.3 Å². The molecule has 21 heavy (non-hydrogen) atoms. The predicted octanol–water partition coefficient (Wildman–Crippen LogP) is 2.51. The third kappa shape index (κ3) is 5.85. The van der Waals surface area contributed by atoms with Crippen LogP contribution in [0.2, 0.25) is 0 Å². The Morgan fingerprint density at radius 1 is 1.29 bits per heavy atom. The Morgan fingerprint density at radius 3 is 2.57 bits per heavy atom. The van der Waals surface area contributed by atoms with Crippen molar-refractivity contribution in [1.82, 2.24) is 4.90 Å². The summed E-state index contributed by atoms with van der Waals surface area (Å²) >= 11 is 0. The van der Waals surface area contributed by atoms with Crippen molar-refractivity contribution in [2.24, 2.45) is 0 Å². The van der Waals surface area contributed by atoms with E-state index in [1.54, 1.807) is 7.05 Å². The van der Waals surface area contributed by atoms with Crippen LogP contribution < -0.4 is 4.74 Å². The van der Waals surface area contributed by atoms with Gasteiger partial charge in [-0.05, 0) is 24.0 Å². The molecule has 0 aliphatic heterocycles. The van der Waals surface area contributed by atoms with Crippen molar-refractivity contribution in [3.8, 4) is 5.75 Å². The van der Waals surface area contributed by atoms with Gasteiger partial charge >= 0.3 is 5.97 Å². The molecule has 0 saturated carbocycles. The molecule has 0 aliphatic rings. The van der Waals surface area contributed by atoms with E-state index in [0.29, 0.717) is 18.9 Å². The quantitative estimate of drug-likeness (QED) is 0.799. The van der Waals surface area contributed by atoms with Crippen LogP contribution in [-0.2, 0) is 9.59 Å². The number of hydrogen-bond acceptors (Lipinski definition) is 3. The number of rotatable bonds is 8. The smallest absolute Gasteiger partial charge is 0.303 e. The lowest BCUT2D eigenvalue weighted by atomic mass is 10.0. The molecule has 5 heteroatoms. The fourth-order valence-corrected chi connectivity index (χ4v) is 1.93. The van der Waals surface area contributed by atoms with E-state index < -0.39 is 5.97 Å². The van der Waals surface area contributed by atoms with E-state index >= 15 is 0 Å². The number of carbonyl (C=O) groups excluding carboxylic acids is 1. The zero-order chi connectivity index (χ0) is 15.8. The molecule has 116 valence electrons. The Kier molecular flexibility index (Phi) is 6.72. The molecule has 0 spiro atoms. The Labute approximate surface area is 125 Å².